The Bertz CT molecular complexity index is 730. The first kappa shape index (κ1) is 19.7. The molecule has 2 aromatic rings. The zero-order valence-corrected chi connectivity index (χ0v) is 16.0. The lowest BCUT2D eigenvalue weighted by molar-refractivity contribution is -0.136. The summed E-state index contributed by atoms with van der Waals surface area (Å²) in [7, 11) is 0. The van der Waals surface area contributed by atoms with E-state index in [0.29, 0.717) is 26.7 Å². The number of rotatable bonds is 8. The summed E-state index contributed by atoms with van der Waals surface area (Å²) in [5.74, 6) is -0.322. The van der Waals surface area contributed by atoms with E-state index >= 15 is 0 Å². The van der Waals surface area contributed by atoms with Gasteiger partial charge in [-0.1, -0.05) is 18.2 Å². The number of para-hydroxylation sites is 1. The number of halogens is 4. The van der Waals surface area contributed by atoms with Crippen molar-refractivity contribution >= 4 is 37.8 Å². The molecule has 0 aromatic heterocycles. The number of carbonyl (C=O) groups is 1. The van der Waals surface area contributed by atoms with Crippen LogP contribution in [0.3, 0.4) is 0 Å². The van der Waals surface area contributed by atoms with E-state index in [0.717, 1.165) is 5.56 Å². The van der Waals surface area contributed by atoms with E-state index in [9.17, 15) is 13.6 Å². The second kappa shape index (κ2) is 9.15. The first-order valence-corrected chi connectivity index (χ1v) is 8.80. The monoisotopic (exact) mass is 478 g/mol. The molecule has 0 aliphatic rings. The molecule has 0 unspecified atom stereocenters. The van der Waals surface area contributed by atoms with Crippen LogP contribution in [0.5, 0.6) is 11.5 Å². The highest BCUT2D eigenvalue weighted by Gasteiger charge is 2.13. The topological polar surface area (TPSA) is 55.8 Å². The molecule has 2 rings (SSSR count). The van der Waals surface area contributed by atoms with Gasteiger partial charge in [0, 0.05) is 12.0 Å². The molecule has 8 heteroatoms. The van der Waals surface area contributed by atoms with Crippen LogP contribution in [0.4, 0.5) is 8.78 Å². The second-order valence-electron chi connectivity index (χ2n) is 5.06. The Balaban J connectivity index is 2.12. The summed E-state index contributed by atoms with van der Waals surface area (Å²) in [4.78, 5) is 10.7. The van der Waals surface area contributed by atoms with E-state index in [4.69, 9.17) is 9.84 Å². The molecule has 25 heavy (non-hydrogen) atoms. The zero-order chi connectivity index (χ0) is 18.4. The van der Waals surface area contributed by atoms with Gasteiger partial charge in [0.05, 0.1) is 8.95 Å². The summed E-state index contributed by atoms with van der Waals surface area (Å²) < 4.78 is 36.4. The summed E-state index contributed by atoms with van der Waals surface area (Å²) in [6, 6.07) is 9.93. The minimum atomic E-state index is -2.91. The minimum Gasteiger partial charge on any atom is -0.486 e. The lowest BCUT2D eigenvalue weighted by Gasteiger charge is -2.14. The second-order valence-corrected chi connectivity index (χ2v) is 6.77. The summed E-state index contributed by atoms with van der Waals surface area (Å²) in [5, 5.41) is 8.75. The van der Waals surface area contributed by atoms with Gasteiger partial charge in [-0.3, -0.25) is 4.79 Å². The van der Waals surface area contributed by atoms with Gasteiger partial charge < -0.3 is 14.6 Å². The Morgan fingerprint density at radius 3 is 2.40 bits per heavy atom. The molecule has 0 atom stereocenters. The number of alkyl halides is 2. The fraction of sp³-hybridized carbons (Fsp3) is 0.235. The Morgan fingerprint density at radius 1 is 1.16 bits per heavy atom. The van der Waals surface area contributed by atoms with E-state index in [1.165, 1.54) is 6.07 Å². The highest BCUT2D eigenvalue weighted by molar-refractivity contribution is 9.11. The van der Waals surface area contributed by atoms with Crippen molar-refractivity contribution in [1.82, 2.24) is 0 Å². The quantitative estimate of drug-likeness (QED) is 0.550. The third-order valence-corrected chi connectivity index (χ3v) is 4.42. The van der Waals surface area contributed by atoms with Crippen LogP contribution in [-0.4, -0.2) is 17.7 Å². The molecule has 0 aliphatic heterocycles. The lowest BCUT2D eigenvalue weighted by atomic mass is 10.1. The number of ether oxygens (including phenoxy) is 2. The number of hydrogen-bond donors (Lipinski definition) is 1. The number of benzene rings is 2. The number of aryl methyl sites for hydroxylation is 1. The van der Waals surface area contributed by atoms with E-state index < -0.39 is 12.6 Å². The summed E-state index contributed by atoms with van der Waals surface area (Å²) in [6.45, 7) is -2.87. The predicted octanol–water partition coefficient (Wildman–Crippen LogP) is 5.41. The maximum atomic E-state index is 12.4. The summed E-state index contributed by atoms with van der Waals surface area (Å²) >= 11 is 6.77. The van der Waals surface area contributed by atoms with E-state index in [1.807, 2.05) is 0 Å². The molecule has 4 nitrogen and oxygen atoms in total. The maximum absolute atomic E-state index is 12.4. The molecule has 0 bridgehead atoms. The molecular formula is C17H14Br2F2O4. The van der Waals surface area contributed by atoms with E-state index in [1.54, 1.807) is 30.3 Å². The van der Waals surface area contributed by atoms with Gasteiger partial charge in [-0.2, -0.15) is 8.78 Å². The van der Waals surface area contributed by atoms with Crippen molar-refractivity contribution < 1.29 is 28.2 Å². The molecular weight excluding hydrogens is 466 g/mol. The van der Waals surface area contributed by atoms with Crippen molar-refractivity contribution in [3.05, 3.63) is 56.5 Å². The van der Waals surface area contributed by atoms with E-state index in [2.05, 4.69) is 36.6 Å². The van der Waals surface area contributed by atoms with Crippen molar-refractivity contribution in [2.45, 2.75) is 26.1 Å². The van der Waals surface area contributed by atoms with Crippen LogP contribution < -0.4 is 9.47 Å². The van der Waals surface area contributed by atoms with Gasteiger partial charge in [0.15, 0.2) is 0 Å². The molecule has 0 aliphatic carbocycles. The average Bonchev–Trinajstić information content (AvgIpc) is 2.53. The van der Waals surface area contributed by atoms with Crippen LogP contribution in [-0.2, 0) is 17.8 Å². The number of aliphatic carboxylic acids is 1. The molecule has 134 valence electrons. The van der Waals surface area contributed by atoms with Crippen molar-refractivity contribution in [2.75, 3.05) is 0 Å². The minimum absolute atomic E-state index is 0.0252. The molecule has 0 saturated carbocycles. The van der Waals surface area contributed by atoms with Crippen molar-refractivity contribution in [3.63, 3.8) is 0 Å². The van der Waals surface area contributed by atoms with Crippen molar-refractivity contribution in [1.29, 1.82) is 0 Å². The van der Waals surface area contributed by atoms with Gasteiger partial charge in [-0.05, 0) is 62.0 Å². The van der Waals surface area contributed by atoms with Gasteiger partial charge >= 0.3 is 12.6 Å². The highest BCUT2D eigenvalue weighted by Crippen LogP contribution is 2.36. The summed E-state index contributed by atoms with van der Waals surface area (Å²) in [6.07, 6.45) is 0.412. The molecule has 0 fully saturated rings. The third kappa shape index (κ3) is 5.97. The predicted molar refractivity (Wildman–Crippen MR) is 95.2 cm³/mol. The first-order chi connectivity index (χ1) is 11.9. The van der Waals surface area contributed by atoms with Crippen molar-refractivity contribution in [2.24, 2.45) is 0 Å². The van der Waals surface area contributed by atoms with Crippen LogP contribution in [0, 0.1) is 0 Å². The molecule has 0 amide bonds. The van der Waals surface area contributed by atoms with Crippen LogP contribution in [0.15, 0.2) is 45.3 Å². The average molecular weight is 480 g/mol. The molecule has 1 N–H and O–H groups in total. The highest BCUT2D eigenvalue weighted by atomic mass is 79.9. The number of carboxylic acid groups (broad SMARTS) is 1. The maximum Gasteiger partial charge on any atom is 0.387 e. The van der Waals surface area contributed by atoms with Crippen LogP contribution >= 0.6 is 31.9 Å². The van der Waals surface area contributed by atoms with Gasteiger partial charge in [0.2, 0.25) is 0 Å². The molecule has 0 spiro atoms. The van der Waals surface area contributed by atoms with Crippen LogP contribution in [0.1, 0.15) is 17.5 Å². The molecule has 0 radical (unpaired) electrons. The van der Waals surface area contributed by atoms with E-state index in [-0.39, 0.29) is 18.8 Å². The molecule has 2 aromatic carbocycles. The summed E-state index contributed by atoms with van der Waals surface area (Å²) in [5.41, 5.74) is 1.31. The largest absolute Gasteiger partial charge is 0.486 e. The number of carboxylic acids is 1. The van der Waals surface area contributed by atoms with Gasteiger partial charge in [-0.15, -0.1) is 0 Å². The first-order valence-electron chi connectivity index (χ1n) is 7.22. The fourth-order valence-electron chi connectivity index (χ4n) is 2.13. The zero-order valence-electron chi connectivity index (χ0n) is 12.8. The SMILES string of the molecule is O=C(O)CCc1cc(Br)c(OCc2ccccc2OC(F)F)c(Br)c1. The molecule has 0 heterocycles. The Hall–Kier alpha value is -1.67. The van der Waals surface area contributed by atoms with Crippen molar-refractivity contribution in [3.8, 4) is 11.5 Å². The van der Waals surface area contributed by atoms with Gasteiger partial charge in [-0.25, -0.2) is 0 Å². The van der Waals surface area contributed by atoms with Crippen LogP contribution in [0.2, 0.25) is 0 Å². The van der Waals surface area contributed by atoms with Crippen LogP contribution in [0.25, 0.3) is 0 Å². The third-order valence-electron chi connectivity index (χ3n) is 3.25. The fourth-order valence-corrected chi connectivity index (χ4v) is 3.64. The Morgan fingerprint density at radius 2 is 1.80 bits per heavy atom. The lowest BCUT2D eigenvalue weighted by Crippen LogP contribution is -2.06. The smallest absolute Gasteiger partial charge is 0.387 e. The molecule has 0 saturated heterocycles. The van der Waals surface area contributed by atoms with Gasteiger partial charge in [0.1, 0.15) is 18.1 Å². The standard InChI is InChI=1S/C17H14Br2F2O4/c18-12-7-10(5-6-15(22)23)8-13(19)16(12)24-9-11-3-1-2-4-14(11)25-17(20)21/h1-4,7-8,17H,5-6,9H2,(H,22,23). The van der Waals surface area contributed by atoms with Gasteiger partial charge in [0.25, 0.3) is 0 Å². The number of hydrogen-bond acceptors (Lipinski definition) is 3. The Kier molecular flexibility index (Phi) is 7.19. The normalized spacial score (nSPS) is 10.8. The Labute approximate surface area is 160 Å².